The first-order valence-electron chi connectivity index (χ1n) is 9.66. The summed E-state index contributed by atoms with van der Waals surface area (Å²) in [5.41, 5.74) is 0. The minimum absolute atomic E-state index is 0.0130. The lowest BCUT2D eigenvalue weighted by Crippen LogP contribution is -2.46. The van der Waals surface area contributed by atoms with E-state index in [1.807, 2.05) is 30.3 Å². The number of piperidine rings is 2. The molecule has 1 unspecified atom stereocenters. The molecular formula is C20H29N3O3. The van der Waals surface area contributed by atoms with E-state index in [-0.39, 0.29) is 24.3 Å². The van der Waals surface area contributed by atoms with Crippen LogP contribution in [0.1, 0.15) is 25.7 Å². The van der Waals surface area contributed by atoms with Gasteiger partial charge in [0, 0.05) is 25.6 Å². The van der Waals surface area contributed by atoms with Crippen LogP contribution in [0, 0.1) is 11.8 Å². The van der Waals surface area contributed by atoms with Crippen LogP contribution in [0.5, 0.6) is 5.75 Å². The van der Waals surface area contributed by atoms with Gasteiger partial charge in [-0.05, 0) is 56.8 Å². The van der Waals surface area contributed by atoms with Crippen molar-refractivity contribution in [1.82, 2.24) is 15.5 Å². The van der Waals surface area contributed by atoms with Gasteiger partial charge in [0.05, 0.1) is 0 Å². The monoisotopic (exact) mass is 359 g/mol. The van der Waals surface area contributed by atoms with E-state index in [0.29, 0.717) is 24.8 Å². The van der Waals surface area contributed by atoms with E-state index in [0.717, 1.165) is 32.5 Å². The number of likely N-dealkylation sites (tertiary alicyclic amines) is 1. The van der Waals surface area contributed by atoms with Gasteiger partial charge in [0.15, 0.2) is 6.61 Å². The third-order valence-corrected chi connectivity index (χ3v) is 5.29. The molecular weight excluding hydrogens is 330 g/mol. The zero-order chi connectivity index (χ0) is 18.2. The molecule has 26 heavy (non-hydrogen) atoms. The number of amides is 2. The number of carbonyl (C=O) groups excluding carboxylic acids is 2. The molecule has 1 aromatic rings. The molecule has 1 atom stereocenters. The number of carbonyl (C=O) groups is 2. The Bertz CT molecular complexity index is 579. The Kier molecular flexibility index (Phi) is 6.89. The summed E-state index contributed by atoms with van der Waals surface area (Å²) in [6.07, 6.45) is 3.82. The summed E-state index contributed by atoms with van der Waals surface area (Å²) < 4.78 is 5.52. The highest BCUT2D eigenvalue weighted by Gasteiger charge is 2.27. The maximum atomic E-state index is 12.4. The molecule has 0 aliphatic carbocycles. The van der Waals surface area contributed by atoms with Crippen LogP contribution in [0.15, 0.2) is 30.3 Å². The predicted octanol–water partition coefficient (Wildman–Crippen LogP) is 1.42. The van der Waals surface area contributed by atoms with Crippen molar-refractivity contribution in [3.63, 3.8) is 0 Å². The van der Waals surface area contributed by atoms with Gasteiger partial charge in [-0.2, -0.15) is 0 Å². The molecule has 2 saturated heterocycles. The van der Waals surface area contributed by atoms with Gasteiger partial charge in [-0.15, -0.1) is 0 Å². The second kappa shape index (κ2) is 9.57. The molecule has 0 spiro atoms. The highest BCUT2D eigenvalue weighted by atomic mass is 16.5. The third-order valence-electron chi connectivity index (χ3n) is 5.29. The lowest BCUT2D eigenvalue weighted by Gasteiger charge is -2.32. The lowest BCUT2D eigenvalue weighted by molar-refractivity contribution is -0.137. The molecule has 2 fully saturated rings. The van der Waals surface area contributed by atoms with Gasteiger partial charge in [0.2, 0.25) is 5.91 Å². The highest BCUT2D eigenvalue weighted by molar-refractivity contribution is 5.80. The summed E-state index contributed by atoms with van der Waals surface area (Å²) in [5, 5.41) is 6.48. The number of benzene rings is 1. The molecule has 6 nitrogen and oxygen atoms in total. The van der Waals surface area contributed by atoms with Crippen molar-refractivity contribution in [2.75, 3.05) is 39.3 Å². The Morgan fingerprint density at radius 2 is 1.92 bits per heavy atom. The Morgan fingerprint density at radius 3 is 2.62 bits per heavy atom. The Labute approximate surface area is 155 Å². The second-order valence-electron chi connectivity index (χ2n) is 7.21. The van der Waals surface area contributed by atoms with Gasteiger partial charge in [0.1, 0.15) is 5.75 Å². The fourth-order valence-electron chi connectivity index (χ4n) is 3.63. The van der Waals surface area contributed by atoms with Crippen molar-refractivity contribution in [2.45, 2.75) is 25.7 Å². The van der Waals surface area contributed by atoms with Gasteiger partial charge in [0.25, 0.3) is 5.91 Å². The van der Waals surface area contributed by atoms with E-state index in [1.54, 1.807) is 4.90 Å². The smallest absolute Gasteiger partial charge is 0.260 e. The van der Waals surface area contributed by atoms with E-state index in [4.69, 9.17) is 4.74 Å². The Hall–Kier alpha value is -2.08. The van der Waals surface area contributed by atoms with Crippen LogP contribution in [0.3, 0.4) is 0 Å². The normalized spacial score (nSPS) is 21.2. The molecule has 0 saturated carbocycles. The van der Waals surface area contributed by atoms with Gasteiger partial charge in [-0.3, -0.25) is 9.59 Å². The average molecular weight is 359 g/mol. The standard InChI is InChI=1S/C20H29N3O3/c24-19(15-26-18-6-2-1-3-7-18)23-11-8-17(9-12-23)20(25)22-14-16-5-4-10-21-13-16/h1-3,6-7,16-17,21H,4-5,8-15H2,(H,22,25). The quantitative estimate of drug-likeness (QED) is 0.806. The van der Waals surface area contributed by atoms with Crippen LogP contribution >= 0.6 is 0 Å². The molecule has 3 rings (SSSR count). The Balaban J connectivity index is 1.35. The van der Waals surface area contributed by atoms with Gasteiger partial charge in [-0.1, -0.05) is 18.2 Å². The first-order chi connectivity index (χ1) is 12.7. The van der Waals surface area contributed by atoms with E-state index in [9.17, 15) is 9.59 Å². The summed E-state index contributed by atoms with van der Waals surface area (Å²) in [7, 11) is 0. The highest BCUT2D eigenvalue weighted by Crippen LogP contribution is 2.18. The fraction of sp³-hybridized carbons (Fsp3) is 0.600. The van der Waals surface area contributed by atoms with Crippen LogP contribution in [0.2, 0.25) is 0 Å². The van der Waals surface area contributed by atoms with Crippen molar-refractivity contribution < 1.29 is 14.3 Å². The molecule has 0 radical (unpaired) electrons. The number of hydrogen-bond acceptors (Lipinski definition) is 4. The maximum Gasteiger partial charge on any atom is 0.260 e. The topological polar surface area (TPSA) is 70.7 Å². The SMILES string of the molecule is O=C(NCC1CCCNC1)C1CCN(C(=O)COc2ccccc2)CC1. The number of nitrogens with zero attached hydrogens (tertiary/aromatic N) is 1. The number of rotatable bonds is 6. The van der Waals surface area contributed by atoms with E-state index < -0.39 is 0 Å². The van der Waals surface area contributed by atoms with Crippen LogP contribution in [-0.2, 0) is 9.59 Å². The van der Waals surface area contributed by atoms with Crippen LogP contribution in [-0.4, -0.2) is 56.0 Å². The number of ether oxygens (including phenoxy) is 1. The summed E-state index contributed by atoms with van der Waals surface area (Å²) in [5.74, 6) is 1.40. The zero-order valence-electron chi connectivity index (χ0n) is 15.3. The third kappa shape index (κ3) is 5.46. The zero-order valence-corrected chi connectivity index (χ0v) is 15.3. The van der Waals surface area contributed by atoms with Crippen molar-refractivity contribution in [2.24, 2.45) is 11.8 Å². The minimum atomic E-state index is -0.0130. The first-order valence-corrected chi connectivity index (χ1v) is 9.66. The molecule has 6 heteroatoms. The molecule has 2 amide bonds. The molecule has 2 aliphatic rings. The lowest BCUT2D eigenvalue weighted by atomic mass is 9.95. The van der Waals surface area contributed by atoms with Crippen molar-refractivity contribution in [3.05, 3.63) is 30.3 Å². The first kappa shape index (κ1) is 18.7. The summed E-state index contributed by atoms with van der Waals surface area (Å²) >= 11 is 0. The molecule has 2 N–H and O–H groups in total. The molecule has 0 aromatic heterocycles. The predicted molar refractivity (Wildman–Crippen MR) is 99.8 cm³/mol. The van der Waals surface area contributed by atoms with Gasteiger partial charge < -0.3 is 20.3 Å². The van der Waals surface area contributed by atoms with E-state index in [2.05, 4.69) is 10.6 Å². The van der Waals surface area contributed by atoms with Gasteiger partial charge >= 0.3 is 0 Å². The number of hydrogen-bond donors (Lipinski definition) is 2. The maximum absolute atomic E-state index is 12.4. The average Bonchev–Trinajstić information content (AvgIpc) is 2.72. The van der Waals surface area contributed by atoms with Crippen molar-refractivity contribution in [3.8, 4) is 5.75 Å². The minimum Gasteiger partial charge on any atom is -0.484 e. The van der Waals surface area contributed by atoms with Crippen LogP contribution < -0.4 is 15.4 Å². The van der Waals surface area contributed by atoms with Crippen LogP contribution in [0.25, 0.3) is 0 Å². The van der Waals surface area contributed by atoms with E-state index >= 15 is 0 Å². The summed E-state index contributed by atoms with van der Waals surface area (Å²) in [4.78, 5) is 26.4. The molecule has 1 aromatic carbocycles. The number of para-hydroxylation sites is 1. The van der Waals surface area contributed by atoms with E-state index in [1.165, 1.54) is 12.8 Å². The van der Waals surface area contributed by atoms with Crippen LogP contribution in [0.4, 0.5) is 0 Å². The largest absolute Gasteiger partial charge is 0.484 e. The fourth-order valence-corrected chi connectivity index (χ4v) is 3.63. The summed E-state index contributed by atoms with van der Waals surface area (Å²) in [6, 6.07) is 9.35. The Morgan fingerprint density at radius 1 is 1.15 bits per heavy atom. The van der Waals surface area contributed by atoms with Crippen molar-refractivity contribution in [1.29, 1.82) is 0 Å². The number of nitrogens with one attached hydrogen (secondary N) is 2. The summed E-state index contributed by atoms with van der Waals surface area (Å²) in [6.45, 7) is 4.14. The molecule has 2 aliphatic heterocycles. The molecule has 0 bridgehead atoms. The molecule has 142 valence electrons. The van der Waals surface area contributed by atoms with Gasteiger partial charge in [-0.25, -0.2) is 0 Å². The van der Waals surface area contributed by atoms with Crippen molar-refractivity contribution >= 4 is 11.8 Å². The second-order valence-corrected chi connectivity index (χ2v) is 7.21. The molecule has 2 heterocycles.